The minimum atomic E-state index is -0.640. The van der Waals surface area contributed by atoms with Gasteiger partial charge in [-0.3, -0.25) is 0 Å². The lowest BCUT2D eigenvalue weighted by Gasteiger charge is -2.07. The van der Waals surface area contributed by atoms with E-state index in [0.29, 0.717) is 5.76 Å². The molecule has 0 aromatic heterocycles. The van der Waals surface area contributed by atoms with Crippen molar-refractivity contribution in [3.05, 3.63) is 65.5 Å². The molecule has 0 unspecified atom stereocenters. The fraction of sp³-hybridized carbons (Fsp3) is 0.125. The summed E-state index contributed by atoms with van der Waals surface area (Å²) in [5, 5.41) is 0. The van der Waals surface area contributed by atoms with Crippen LogP contribution in [-0.4, -0.2) is 26.2 Å². The molecule has 0 saturated heterocycles. The van der Waals surface area contributed by atoms with Crippen molar-refractivity contribution < 1.29 is 23.8 Å². The van der Waals surface area contributed by atoms with E-state index in [2.05, 4.69) is 4.74 Å². The summed E-state index contributed by atoms with van der Waals surface area (Å²) in [7, 11) is 2.49. The van der Waals surface area contributed by atoms with Crippen molar-refractivity contribution in [3.8, 4) is 0 Å². The molecule has 0 fully saturated rings. The molecule has 0 N–H and O–H groups in total. The van der Waals surface area contributed by atoms with Gasteiger partial charge in [-0.05, 0) is 12.2 Å². The Morgan fingerprint density at radius 2 is 1.57 bits per heavy atom. The summed E-state index contributed by atoms with van der Waals surface area (Å²) < 4.78 is 14.8. The van der Waals surface area contributed by atoms with Gasteiger partial charge in [0.1, 0.15) is 5.76 Å². The van der Waals surface area contributed by atoms with Gasteiger partial charge in [-0.2, -0.15) is 0 Å². The molecular formula is C16H14O5. The Kier molecular flexibility index (Phi) is 4.56. The van der Waals surface area contributed by atoms with Gasteiger partial charge in [-0.25, -0.2) is 9.59 Å². The molecule has 5 nitrogen and oxygen atoms in total. The molecular weight excluding hydrogens is 272 g/mol. The average Bonchev–Trinajstić information content (AvgIpc) is 2.77. The number of hydrogen-bond acceptors (Lipinski definition) is 5. The van der Waals surface area contributed by atoms with Gasteiger partial charge in [-0.1, -0.05) is 30.3 Å². The van der Waals surface area contributed by atoms with Gasteiger partial charge < -0.3 is 14.2 Å². The van der Waals surface area contributed by atoms with E-state index in [1.54, 1.807) is 0 Å². The van der Waals surface area contributed by atoms with Crippen molar-refractivity contribution in [2.24, 2.45) is 0 Å². The molecule has 0 spiro atoms. The van der Waals surface area contributed by atoms with Crippen LogP contribution in [0.1, 0.15) is 5.56 Å². The molecule has 0 atom stereocenters. The lowest BCUT2D eigenvalue weighted by atomic mass is 10.1. The number of ether oxygens (including phenoxy) is 3. The van der Waals surface area contributed by atoms with E-state index in [-0.39, 0.29) is 11.1 Å². The molecule has 0 saturated carbocycles. The average molecular weight is 286 g/mol. The first-order valence-corrected chi connectivity index (χ1v) is 6.18. The van der Waals surface area contributed by atoms with E-state index in [1.165, 1.54) is 32.6 Å². The van der Waals surface area contributed by atoms with Crippen LogP contribution in [0.15, 0.2) is 59.9 Å². The highest BCUT2D eigenvalue weighted by Crippen LogP contribution is 2.24. The molecule has 21 heavy (non-hydrogen) atoms. The quantitative estimate of drug-likeness (QED) is 0.797. The molecule has 1 aromatic carbocycles. The Hall–Kier alpha value is -2.82. The van der Waals surface area contributed by atoms with Crippen molar-refractivity contribution in [1.29, 1.82) is 0 Å². The number of hydrogen-bond donors (Lipinski definition) is 0. The van der Waals surface area contributed by atoms with Crippen molar-refractivity contribution in [2.75, 3.05) is 14.2 Å². The molecule has 0 bridgehead atoms. The smallest absolute Gasteiger partial charge is 0.338 e. The molecule has 108 valence electrons. The molecule has 2 rings (SSSR count). The summed E-state index contributed by atoms with van der Waals surface area (Å²) >= 11 is 0. The van der Waals surface area contributed by atoms with Crippen LogP contribution in [0.2, 0.25) is 0 Å². The normalized spacial score (nSPS) is 13.9. The second kappa shape index (κ2) is 6.56. The van der Waals surface area contributed by atoms with Crippen LogP contribution in [0, 0.1) is 0 Å². The summed E-state index contributed by atoms with van der Waals surface area (Å²) in [5.74, 6) is -0.842. The molecule has 1 heterocycles. The van der Waals surface area contributed by atoms with E-state index in [1.807, 2.05) is 30.3 Å². The lowest BCUT2D eigenvalue weighted by molar-refractivity contribution is -0.138. The van der Waals surface area contributed by atoms with Crippen LogP contribution < -0.4 is 0 Å². The summed E-state index contributed by atoms with van der Waals surface area (Å²) in [6.07, 6.45) is 4.18. The summed E-state index contributed by atoms with van der Waals surface area (Å²) in [6.45, 7) is 0. The van der Waals surface area contributed by atoms with E-state index in [0.717, 1.165) is 5.56 Å². The van der Waals surface area contributed by atoms with Gasteiger partial charge in [0.15, 0.2) is 0 Å². The maximum Gasteiger partial charge on any atom is 0.338 e. The number of benzene rings is 1. The highest BCUT2D eigenvalue weighted by atomic mass is 16.5. The third-order valence-electron chi connectivity index (χ3n) is 2.86. The summed E-state index contributed by atoms with van der Waals surface area (Å²) in [5.41, 5.74) is 0.932. The number of methoxy groups -OCH3 is 2. The molecule has 1 aliphatic rings. The van der Waals surface area contributed by atoms with Gasteiger partial charge in [0.05, 0.1) is 31.6 Å². The van der Waals surface area contributed by atoms with Gasteiger partial charge >= 0.3 is 11.9 Å². The first kappa shape index (κ1) is 14.6. The van der Waals surface area contributed by atoms with E-state index in [9.17, 15) is 9.59 Å². The largest absolute Gasteiger partial charge is 0.465 e. The summed E-state index contributed by atoms with van der Waals surface area (Å²) in [4.78, 5) is 23.7. The summed E-state index contributed by atoms with van der Waals surface area (Å²) in [6, 6.07) is 9.22. The van der Waals surface area contributed by atoms with E-state index < -0.39 is 11.9 Å². The Bertz CT molecular complexity index is 638. The number of rotatable bonds is 3. The van der Waals surface area contributed by atoms with Crippen LogP contribution in [0.4, 0.5) is 0 Å². The van der Waals surface area contributed by atoms with Crippen LogP contribution in [0.25, 0.3) is 5.76 Å². The fourth-order valence-corrected chi connectivity index (χ4v) is 1.83. The van der Waals surface area contributed by atoms with E-state index >= 15 is 0 Å². The monoisotopic (exact) mass is 286 g/mol. The molecule has 0 radical (unpaired) electrons. The van der Waals surface area contributed by atoms with Crippen molar-refractivity contribution in [2.45, 2.75) is 0 Å². The van der Waals surface area contributed by atoms with Crippen LogP contribution >= 0.6 is 0 Å². The molecule has 0 amide bonds. The van der Waals surface area contributed by atoms with Gasteiger partial charge in [0.2, 0.25) is 0 Å². The SMILES string of the molecule is COC(=O)C1=C(C(=O)OC)C=C(c2ccccc2)OC=C1. The van der Waals surface area contributed by atoms with Crippen molar-refractivity contribution in [3.63, 3.8) is 0 Å². The van der Waals surface area contributed by atoms with Crippen molar-refractivity contribution >= 4 is 17.7 Å². The van der Waals surface area contributed by atoms with Crippen molar-refractivity contribution in [1.82, 2.24) is 0 Å². The fourth-order valence-electron chi connectivity index (χ4n) is 1.83. The zero-order chi connectivity index (χ0) is 15.2. The number of esters is 2. The number of carbonyl (C=O) groups is 2. The Balaban J connectivity index is 2.55. The zero-order valence-corrected chi connectivity index (χ0v) is 11.7. The molecule has 5 heteroatoms. The second-order valence-corrected chi connectivity index (χ2v) is 4.11. The van der Waals surface area contributed by atoms with Crippen LogP contribution in [0.5, 0.6) is 0 Å². The highest BCUT2D eigenvalue weighted by Gasteiger charge is 2.22. The standard InChI is InChI=1S/C16H14O5/c1-19-15(17)12-8-9-21-14(10-13(12)16(18)20-2)11-6-4-3-5-7-11/h3-10H,1-2H3. The highest BCUT2D eigenvalue weighted by molar-refractivity contribution is 6.05. The van der Waals surface area contributed by atoms with Gasteiger partial charge in [0, 0.05) is 5.56 Å². The lowest BCUT2D eigenvalue weighted by Crippen LogP contribution is -2.12. The van der Waals surface area contributed by atoms with Crippen LogP contribution in [0.3, 0.4) is 0 Å². The molecule has 0 aliphatic carbocycles. The maximum atomic E-state index is 11.9. The van der Waals surface area contributed by atoms with Gasteiger partial charge in [0.25, 0.3) is 0 Å². The molecule has 1 aromatic rings. The minimum Gasteiger partial charge on any atom is -0.465 e. The Labute approximate surface area is 122 Å². The second-order valence-electron chi connectivity index (χ2n) is 4.11. The Morgan fingerprint density at radius 1 is 0.952 bits per heavy atom. The first-order valence-electron chi connectivity index (χ1n) is 6.18. The van der Waals surface area contributed by atoms with Crippen LogP contribution in [-0.2, 0) is 23.8 Å². The van der Waals surface area contributed by atoms with E-state index in [4.69, 9.17) is 9.47 Å². The first-order chi connectivity index (χ1) is 10.2. The Morgan fingerprint density at radius 3 is 2.19 bits per heavy atom. The third kappa shape index (κ3) is 3.20. The molecule has 1 aliphatic heterocycles. The topological polar surface area (TPSA) is 61.8 Å². The third-order valence-corrected chi connectivity index (χ3v) is 2.86. The predicted octanol–water partition coefficient (Wildman–Crippen LogP) is 2.21. The zero-order valence-electron chi connectivity index (χ0n) is 11.7. The maximum absolute atomic E-state index is 11.9. The minimum absolute atomic E-state index is 0.0790. The van der Waals surface area contributed by atoms with Gasteiger partial charge in [-0.15, -0.1) is 0 Å². The number of carbonyl (C=O) groups excluding carboxylic acids is 2. The predicted molar refractivity (Wildman–Crippen MR) is 75.7 cm³/mol.